The third-order valence-corrected chi connectivity index (χ3v) is 2.55. The van der Waals surface area contributed by atoms with Crippen LogP contribution in [0.25, 0.3) is 0 Å². The van der Waals surface area contributed by atoms with E-state index in [2.05, 4.69) is 10.3 Å². The van der Waals surface area contributed by atoms with Gasteiger partial charge in [0.1, 0.15) is 11.9 Å². The van der Waals surface area contributed by atoms with E-state index in [0.717, 1.165) is 5.82 Å². The van der Waals surface area contributed by atoms with Gasteiger partial charge in [0.05, 0.1) is 13.2 Å². The van der Waals surface area contributed by atoms with Gasteiger partial charge < -0.3 is 14.6 Å². The Kier molecular flexibility index (Phi) is 3.85. The Morgan fingerprint density at radius 3 is 2.73 bits per heavy atom. The first-order valence-electron chi connectivity index (χ1n) is 4.86. The summed E-state index contributed by atoms with van der Waals surface area (Å²) in [5.74, 6) is 0.616. The second-order valence-electron chi connectivity index (χ2n) is 3.41. The molecule has 0 aromatic carbocycles. The fraction of sp³-hybridized carbons (Fsp3) is 0.600. The van der Waals surface area contributed by atoms with Crippen molar-refractivity contribution >= 4 is 5.97 Å². The Labute approximate surface area is 89.4 Å². The Bertz CT molecular complexity index is 335. The van der Waals surface area contributed by atoms with Crippen LogP contribution < -0.4 is 5.32 Å². The lowest BCUT2D eigenvalue weighted by Crippen LogP contribution is -2.41. The molecule has 84 valence electrons. The predicted molar refractivity (Wildman–Crippen MR) is 56.5 cm³/mol. The molecule has 1 heterocycles. The van der Waals surface area contributed by atoms with Crippen LogP contribution in [0.5, 0.6) is 0 Å². The summed E-state index contributed by atoms with van der Waals surface area (Å²) >= 11 is 0. The Balaban J connectivity index is 2.86. The van der Waals surface area contributed by atoms with Gasteiger partial charge in [0.2, 0.25) is 0 Å². The SMILES string of the molecule is CNC(C(=O)OC)C(C)n1ccnc1C. The lowest BCUT2D eigenvalue weighted by atomic mass is 10.1. The van der Waals surface area contributed by atoms with Crippen LogP contribution in [0.15, 0.2) is 12.4 Å². The molecule has 0 radical (unpaired) electrons. The maximum Gasteiger partial charge on any atom is 0.325 e. The number of carbonyl (C=O) groups is 1. The standard InChI is InChI=1S/C10H17N3O2/c1-7(9(11-3)10(14)15-4)13-6-5-12-8(13)2/h5-7,9,11H,1-4H3. The number of methoxy groups -OCH3 is 1. The lowest BCUT2D eigenvalue weighted by Gasteiger charge is -2.23. The first-order chi connectivity index (χ1) is 7.11. The number of esters is 1. The van der Waals surface area contributed by atoms with Crippen molar-refractivity contribution in [1.29, 1.82) is 0 Å². The maximum absolute atomic E-state index is 11.5. The molecule has 0 saturated carbocycles. The Hall–Kier alpha value is -1.36. The highest BCUT2D eigenvalue weighted by atomic mass is 16.5. The van der Waals surface area contributed by atoms with Gasteiger partial charge in [0.25, 0.3) is 0 Å². The van der Waals surface area contributed by atoms with Crippen molar-refractivity contribution < 1.29 is 9.53 Å². The largest absolute Gasteiger partial charge is 0.468 e. The molecule has 1 aromatic rings. The highest BCUT2D eigenvalue weighted by molar-refractivity contribution is 5.76. The molecule has 0 saturated heterocycles. The summed E-state index contributed by atoms with van der Waals surface area (Å²) in [7, 11) is 3.13. The molecule has 1 aromatic heterocycles. The van der Waals surface area contributed by atoms with Gasteiger partial charge in [-0.3, -0.25) is 4.79 Å². The average molecular weight is 211 g/mol. The van der Waals surface area contributed by atoms with E-state index < -0.39 is 0 Å². The van der Waals surface area contributed by atoms with E-state index in [-0.39, 0.29) is 18.1 Å². The summed E-state index contributed by atoms with van der Waals surface area (Å²) in [5, 5.41) is 2.94. The van der Waals surface area contributed by atoms with Gasteiger partial charge in [-0.05, 0) is 20.9 Å². The van der Waals surface area contributed by atoms with Gasteiger partial charge in [0, 0.05) is 12.4 Å². The summed E-state index contributed by atoms with van der Waals surface area (Å²) in [6, 6.07) is -0.382. The van der Waals surface area contributed by atoms with Crippen LogP contribution in [0.2, 0.25) is 0 Å². The quantitative estimate of drug-likeness (QED) is 0.737. The number of ether oxygens (including phenoxy) is 1. The molecule has 0 fully saturated rings. The number of nitrogens with one attached hydrogen (secondary N) is 1. The minimum Gasteiger partial charge on any atom is -0.468 e. The minimum atomic E-state index is -0.358. The second-order valence-corrected chi connectivity index (χ2v) is 3.41. The van der Waals surface area contributed by atoms with E-state index in [1.54, 1.807) is 13.2 Å². The molecule has 0 spiro atoms. The first-order valence-corrected chi connectivity index (χ1v) is 4.86. The van der Waals surface area contributed by atoms with Gasteiger partial charge in [-0.25, -0.2) is 4.98 Å². The molecule has 2 unspecified atom stereocenters. The van der Waals surface area contributed by atoms with Crippen LogP contribution in [0.3, 0.4) is 0 Å². The summed E-state index contributed by atoms with van der Waals surface area (Å²) in [6.45, 7) is 3.85. The Morgan fingerprint density at radius 2 is 2.33 bits per heavy atom. The number of hydrogen-bond acceptors (Lipinski definition) is 4. The zero-order chi connectivity index (χ0) is 11.4. The van der Waals surface area contributed by atoms with E-state index in [1.807, 2.05) is 24.6 Å². The summed E-state index contributed by atoms with van der Waals surface area (Å²) in [4.78, 5) is 15.6. The normalized spacial score (nSPS) is 14.7. The number of hydrogen-bond donors (Lipinski definition) is 1. The molecule has 0 aliphatic carbocycles. The fourth-order valence-electron chi connectivity index (χ4n) is 1.66. The topological polar surface area (TPSA) is 56.1 Å². The smallest absolute Gasteiger partial charge is 0.325 e. The van der Waals surface area contributed by atoms with Crippen LogP contribution in [0, 0.1) is 6.92 Å². The van der Waals surface area contributed by atoms with Crippen molar-refractivity contribution in [2.24, 2.45) is 0 Å². The number of likely N-dealkylation sites (N-methyl/N-ethyl adjacent to an activating group) is 1. The van der Waals surface area contributed by atoms with Crippen molar-refractivity contribution in [3.63, 3.8) is 0 Å². The molecule has 1 N–H and O–H groups in total. The van der Waals surface area contributed by atoms with Gasteiger partial charge in [-0.15, -0.1) is 0 Å². The molecule has 15 heavy (non-hydrogen) atoms. The van der Waals surface area contributed by atoms with E-state index in [4.69, 9.17) is 4.74 Å². The van der Waals surface area contributed by atoms with E-state index >= 15 is 0 Å². The molecule has 5 nitrogen and oxygen atoms in total. The highest BCUT2D eigenvalue weighted by Crippen LogP contribution is 2.13. The lowest BCUT2D eigenvalue weighted by molar-refractivity contribution is -0.144. The van der Waals surface area contributed by atoms with E-state index in [9.17, 15) is 4.79 Å². The molecule has 1 rings (SSSR count). The molecule has 0 bridgehead atoms. The number of carbonyl (C=O) groups excluding carboxylic acids is 1. The Morgan fingerprint density at radius 1 is 1.67 bits per heavy atom. The van der Waals surface area contributed by atoms with Gasteiger partial charge >= 0.3 is 5.97 Å². The molecular formula is C10H17N3O2. The fourth-order valence-corrected chi connectivity index (χ4v) is 1.66. The number of aromatic nitrogens is 2. The van der Waals surface area contributed by atoms with Crippen LogP contribution in [0.4, 0.5) is 0 Å². The van der Waals surface area contributed by atoms with Crippen molar-refractivity contribution in [2.75, 3.05) is 14.2 Å². The molecule has 0 aliphatic rings. The van der Waals surface area contributed by atoms with Gasteiger partial charge in [0.15, 0.2) is 0 Å². The monoisotopic (exact) mass is 211 g/mol. The average Bonchev–Trinajstić information content (AvgIpc) is 2.65. The van der Waals surface area contributed by atoms with Crippen molar-refractivity contribution in [1.82, 2.24) is 14.9 Å². The van der Waals surface area contributed by atoms with E-state index in [0.29, 0.717) is 0 Å². The molecular weight excluding hydrogens is 194 g/mol. The number of aryl methyl sites for hydroxylation is 1. The van der Waals surface area contributed by atoms with Crippen LogP contribution >= 0.6 is 0 Å². The van der Waals surface area contributed by atoms with Crippen molar-refractivity contribution in [2.45, 2.75) is 25.9 Å². The maximum atomic E-state index is 11.5. The van der Waals surface area contributed by atoms with Crippen molar-refractivity contribution in [3.05, 3.63) is 18.2 Å². The van der Waals surface area contributed by atoms with Crippen LogP contribution in [-0.2, 0) is 9.53 Å². The number of rotatable bonds is 4. The minimum absolute atomic E-state index is 0.0232. The van der Waals surface area contributed by atoms with E-state index in [1.165, 1.54) is 7.11 Å². The summed E-state index contributed by atoms with van der Waals surface area (Å²) < 4.78 is 6.67. The molecule has 5 heteroatoms. The molecule has 0 aliphatic heterocycles. The third-order valence-electron chi connectivity index (χ3n) is 2.55. The zero-order valence-corrected chi connectivity index (χ0v) is 9.52. The molecule has 2 atom stereocenters. The second kappa shape index (κ2) is 4.93. The molecule has 0 amide bonds. The van der Waals surface area contributed by atoms with Crippen molar-refractivity contribution in [3.8, 4) is 0 Å². The summed E-state index contributed by atoms with van der Waals surface area (Å²) in [5.41, 5.74) is 0. The number of nitrogens with zero attached hydrogens (tertiary/aromatic N) is 2. The van der Waals surface area contributed by atoms with Crippen LogP contribution in [0.1, 0.15) is 18.8 Å². The third kappa shape index (κ3) is 2.36. The van der Waals surface area contributed by atoms with Crippen LogP contribution in [-0.4, -0.2) is 35.7 Å². The zero-order valence-electron chi connectivity index (χ0n) is 9.52. The highest BCUT2D eigenvalue weighted by Gasteiger charge is 2.25. The summed E-state index contributed by atoms with van der Waals surface area (Å²) in [6.07, 6.45) is 3.57. The predicted octanol–water partition coefficient (Wildman–Crippen LogP) is 0.514. The van der Waals surface area contributed by atoms with Gasteiger partial charge in [-0.1, -0.05) is 0 Å². The van der Waals surface area contributed by atoms with Gasteiger partial charge in [-0.2, -0.15) is 0 Å². The first kappa shape index (κ1) is 11.7. The number of imidazole rings is 1.